The molecule has 0 saturated carbocycles. The summed E-state index contributed by atoms with van der Waals surface area (Å²) in [6, 6.07) is 7.58. The minimum Gasteiger partial charge on any atom is -0.486 e. The lowest BCUT2D eigenvalue weighted by Crippen LogP contribution is -2.34. The van der Waals surface area contributed by atoms with Crippen LogP contribution in [0.15, 0.2) is 45.4 Å². The largest absolute Gasteiger partial charge is 0.486 e. The van der Waals surface area contributed by atoms with Crippen LogP contribution in [-0.2, 0) is 30.8 Å². The van der Waals surface area contributed by atoms with E-state index in [4.69, 9.17) is 13.6 Å². The maximum absolute atomic E-state index is 12.8. The van der Waals surface area contributed by atoms with Crippen LogP contribution in [0.4, 0.5) is 0 Å². The number of fused-ring (bicyclic) bond motifs is 1. The number of oxazole rings is 1. The molecule has 0 unspecified atom stereocenters. The van der Waals surface area contributed by atoms with Crippen LogP contribution in [0.25, 0.3) is 17.5 Å². The number of hydrogen-bond donors (Lipinski definition) is 1. The Morgan fingerprint density at radius 1 is 1.31 bits per heavy atom. The average molecular weight is 489 g/mol. The molecular formula is C26H28N6O4. The second-order valence-electron chi connectivity index (χ2n) is 9.21. The molecule has 1 aromatic carbocycles. The van der Waals surface area contributed by atoms with E-state index in [1.54, 1.807) is 29.4 Å². The Bertz CT molecular complexity index is 1360. The number of furan rings is 1. The first-order valence-corrected chi connectivity index (χ1v) is 11.9. The third kappa shape index (κ3) is 5.22. The van der Waals surface area contributed by atoms with Gasteiger partial charge >= 0.3 is 0 Å². The summed E-state index contributed by atoms with van der Waals surface area (Å²) in [5, 5.41) is 14.5. The van der Waals surface area contributed by atoms with Crippen LogP contribution in [0, 0.1) is 12.8 Å². The summed E-state index contributed by atoms with van der Waals surface area (Å²) in [5.74, 6) is 3.51. The number of aromatic nitrogens is 5. The molecule has 1 amide bonds. The number of benzene rings is 1. The molecule has 0 radical (unpaired) electrons. The summed E-state index contributed by atoms with van der Waals surface area (Å²) in [6.07, 6.45) is 6.28. The number of ether oxygens (including phenoxy) is 1. The number of carbonyl (C=O) groups is 1. The van der Waals surface area contributed by atoms with E-state index >= 15 is 0 Å². The molecule has 0 aliphatic carbocycles. The number of nitrogens with zero attached hydrogens (tertiary/aromatic N) is 5. The third-order valence-corrected chi connectivity index (χ3v) is 6.03. The Labute approximate surface area is 208 Å². The lowest BCUT2D eigenvalue weighted by Gasteiger charge is -2.29. The number of hydrogen-bond acceptors (Lipinski definition) is 8. The Balaban J connectivity index is 1.37. The minimum atomic E-state index is -0.0716. The lowest BCUT2D eigenvalue weighted by molar-refractivity contribution is -0.126. The topological polar surface area (TPSA) is 123 Å². The fourth-order valence-corrected chi connectivity index (χ4v) is 4.19. The van der Waals surface area contributed by atoms with Gasteiger partial charge < -0.3 is 18.5 Å². The van der Waals surface area contributed by atoms with Gasteiger partial charge in [0.05, 0.1) is 11.8 Å². The van der Waals surface area contributed by atoms with E-state index in [0.29, 0.717) is 48.7 Å². The number of aryl methyl sites for hydroxylation is 1. The maximum Gasteiger partial charge on any atom is 0.246 e. The lowest BCUT2D eigenvalue weighted by atomic mass is 9.96. The molecule has 1 aliphatic rings. The zero-order valence-electron chi connectivity index (χ0n) is 20.5. The van der Waals surface area contributed by atoms with Crippen molar-refractivity contribution in [1.29, 1.82) is 0 Å². The molecule has 186 valence electrons. The van der Waals surface area contributed by atoms with Crippen molar-refractivity contribution in [2.45, 2.75) is 46.8 Å². The number of H-pyrrole nitrogens is 1. The van der Waals surface area contributed by atoms with Crippen LogP contribution in [0.2, 0.25) is 0 Å². The molecule has 0 bridgehead atoms. The van der Waals surface area contributed by atoms with E-state index in [2.05, 4.69) is 39.5 Å². The van der Waals surface area contributed by atoms with Crippen LogP contribution in [0.3, 0.4) is 0 Å². The minimum absolute atomic E-state index is 0.0716. The molecule has 1 aliphatic heterocycles. The fourth-order valence-electron chi connectivity index (χ4n) is 4.19. The second-order valence-corrected chi connectivity index (χ2v) is 9.21. The van der Waals surface area contributed by atoms with Crippen LogP contribution in [0.1, 0.15) is 48.1 Å². The summed E-state index contributed by atoms with van der Waals surface area (Å²) in [5.41, 5.74) is 3.63. The molecule has 4 aromatic rings. The standard InChI is InChI=1S/C26H28N6O4/c1-16(2)11-24-27-22(17(3)36-24)15-35-23-13-19-14-32(25(33)7-6-20-5-4-10-34-20)9-8-18(19)12-21(23)26-28-30-31-29-26/h4-7,10,12-13,16H,8-9,11,14-15H2,1-3H3,(H,28,29,30,31)/b7-6+. The fraction of sp³-hybridized carbons (Fsp3) is 0.346. The molecule has 10 heteroatoms. The number of carbonyl (C=O) groups excluding carboxylic acids is 1. The third-order valence-electron chi connectivity index (χ3n) is 6.03. The number of amides is 1. The van der Waals surface area contributed by atoms with Gasteiger partial charge in [0.2, 0.25) is 11.7 Å². The van der Waals surface area contributed by atoms with Crippen molar-refractivity contribution >= 4 is 12.0 Å². The Morgan fingerprint density at radius 3 is 2.94 bits per heavy atom. The SMILES string of the molecule is Cc1oc(CC(C)C)nc1COc1cc2c(cc1-c1nn[nH]n1)CCN(C(=O)/C=C/c1ccco1)C2. The van der Waals surface area contributed by atoms with Crippen LogP contribution >= 0.6 is 0 Å². The van der Waals surface area contributed by atoms with Gasteiger partial charge in [0.1, 0.15) is 29.6 Å². The molecule has 0 spiro atoms. The Morgan fingerprint density at radius 2 is 2.19 bits per heavy atom. The van der Waals surface area contributed by atoms with E-state index in [1.807, 2.05) is 19.1 Å². The normalized spacial score (nSPS) is 13.5. The molecule has 0 atom stereocenters. The predicted octanol–water partition coefficient (Wildman–Crippen LogP) is 4.13. The van der Waals surface area contributed by atoms with Crippen molar-refractivity contribution in [2.75, 3.05) is 6.54 Å². The highest BCUT2D eigenvalue weighted by molar-refractivity contribution is 5.91. The Hall–Kier alpha value is -4.21. The van der Waals surface area contributed by atoms with Gasteiger partial charge in [-0.05, 0) is 65.9 Å². The van der Waals surface area contributed by atoms with Gasteiger partial charge in [-0.25, -0.2) is 4.98 Å². The number of nitrogens with one attached hydrogen (secondary N) is 1. The van der Waals surface area contributed by atoms with Gasteiger partial charge in [-0.1, -0.05) is 13.8 Å². The van der Waals surface area contributed by atoms with Crippen molar-refractivity contribution in [2.24, 2.45) is 5.92 Å². The average Bonchev–Trinajstić information content (AvgIpc) is 3.63. The molecule has 4 heterocycles. The molecule has 0 fully saturated rings. The number of tetrazole rings is 1. The Kier molecular flexibility index (Phi) is 6.66. The van der Waals surface area contributed by atoms with Crippen LogP contribution in [-0.4, -0.2) is 43.0 Å². The van der Waals surface area contributed by atoms with E-state index in [1.165, 1.54) is 6.08 Å². The highest BCUT2D eigenvalue weighted by Crippen LogP contribution is 2.34. The zero-order chi connectivity index (χ0) is 25.1. The van der Waals surface area contributed by atoms with Gasteiger partial charge in [-0.2, -0.15) is 5.21 Å². The highest BCUT2D eigenvalue weighted by atomic mass is 16.5. The second kappa shape index (κ2) is 10.2. The molecular weight excluding hydrogens is 460 g/mol. The molecule has 5 rings (SSSR count). The van der Waals surface area contributed by atoms with Crippen molar-refractivity contribution in [1.82, 2.24) is 30.5 Å². The molecule has 36 heavy (non-hydrogen) atoms. The van der Waals surface area contributed by atoms with E-state index in [0.717, 1.165) is 34.6 Å². The summed E-state index contributed by atoms with van der Waals surface area (Å²) in [4.78, 5) is 19.2. The van der Waals surface area contributed by atoms with Crippen LogP contribution < -0.4 is 4.74 Å². The molecule has 3 aromatic heterocycles. The number of rotatable bonds is 8. The van der Waals surface area contributed by atoms with Crippen molar-refractivity contribution in [3.8, 4) is 17.1 Å². The van der Waals surface area contributed by atoms with Gasteiger partial charge in [-0.3, -0.25) is 4.79 Å². The maximum atomic E-state index is 12.8. The highest BCUT2D eigenvalue weighted by Gasteiger charge is 2.23. The first kappa shape index (κ1) is 23.5. The smallest absolute Gasteiger partial charge is 0.246 e. The van der Waals surface area contributed by atoms with Gasteiger partial charge in [0, 0.05) is 25.6 Å². The van der Waals surface area contributed by atoms with Crippen molar-refractivity contribution in [3.63, 3.8) is 0 Å². The summed E-state index contributed by atoms with van der Waals surface area (Å²) < 4.78 is 17.3. The first-order chi connectivity index (χ1) is 17.5. The van der Waals surface area contributed by atoms with Crippen LogP contribution in [0.5, 0.6) is 5.75 Å². The van der Waals surface area contributed by atoms with E-state index < -0.39 is 0 Å². The van der Waals surface area contributed by atoms with E-state index in [-0.39, 0.29) is 12.5 Å². The molecule has 10 nitrogen and oxygen atoms in total. The summed E-state index contributed by atoms with van der Waals surface area (Å²) in [6.45, 7) is 7.47. The molecule has 0 saturated heterocycles. The van der Waals surface area contributed by atoms with Gasteiger partial charge in [0.25, 0.3) is 0 Å². The molecule has 1 N–H and O–H groups in total. The van der Waals surface area contributed by atoms with Crippen molar-refractivity contribution < 1.29 is 18.4 Å². The van der Waals surface area contributed by atoms with Gasteiger partial charge in [-0.15, -0.1) is 10.2 Å². The van der Waals surface area contributed by atoms with Gasteiger partial charge in [0.15, 0.2) is 5.89 Å². The zero-order valence-corrected chi connectivity index (χ0v) is 20.5. The number of aromatic amines is 1. The predicted molar refractivity (Wildman–Crippen MR) is 131 cm³/mol. The summed E-state index contributed by atoms with van der Waals surface area (Å²) >= 11 is 0. The van der Waals surface area contributed by atoms with Crippen molar-refractivity contribution in [3.05, 3.63) is 70.8 Å². The monoisotopic (exact) mass is 488 g/mol. The quantitative estimate of drug-likeness (QED) is 0.367. The first-order valence-electron chi connectivity index (χ1n) is 11.9. The summed E-state index contributed by atoms with van der Waals surface area (Å²) in [7, 11) is 0. The van der Waals surface area contributed by atoms with E-state index in [9.17, 15) is 4.79 Å².